The molecule has 1 aliphatic carbocycles. The monoisotopic (exact) mass is 287 g/mol. The van der Waals surface area contributed by atoms with Crippen LogP contribution in [-0.4, -0.2) is 25.7 Å². The molecule has 0 spiro atoms. The molecule has 3 rings (SSSR count). The first kappa shape index (κ1) is 14.0. The molecule has 0 unspecified atom stereocenters. The van der Waals surface area contributed by atoms with Crippen LogP contribution in [0.25, 0.3) is 5.65 Å². The summed E-state index contributed by atoms with van der Waals surface area (Å²) >= 11 is 0. The minimum atomic E-state index is -0.831. The van der Waals surface area contributed by atoms with Crippen molar-refractivity contribution in [3.8, 4) is 0 Å². The summed E-state index contributed by atoms with van der Waals surface area (Å²) < 4.78 is 1.81. The number of carbonyl (C=O) groups is 1. The second-order valence-corrected chi connectivity index (χ2v) is 6.01. The maximum atomic E-state index is 11.0. The van der Waals surface area contributed by atoms with E-state index in [4.69, 9.17) is 10.2 Å². The molecule has 1 aliphatic rings. The van der Waals surface area contributed by atoms with Crippen LogP contribution in [-0.2, 0) is 11.2 Å². The zero-order chi connectivity index (χ0) is 15.0. The highest BCUT2D eigenvalue weighted by atomic mass is 16.4. The van der Waals surface area contributed by atoms with Gasteiger partial charge in [-0.3, -0.25) is 4.79 Å². The lowest BCUT2D eigenvalue weighted by Gasteiger charge is -2.19. The third kappa shape index (κ3) is 2.64. The second-order valence-electron chi connectivity index (χ2n) is 6.01. The van der Waals surface area contributed by atoms with E-state index in [9.17, 15) is 4.79 Å². The van der Waals surface area contributed by atoms with Crippen LogP contribution in [0.15, 0.2) is 6.07 Å². The van der Waals surface area contributed by atoms with Crippen molar-refractivity contribution >= 4 is 11.6 Å². The van der Waals surface area contributed by atoms with Gasteiger partial charge >= 0.3 is 5.97 Å². The molecule has 0 amide bonds. The molecule has 5 heteroatoms. The molecule has 21 heavy (non-hydrogen) atoms. The quantitative estimate of drug-likeness (QED) is 0.942. The van der Waals surface area contributed by atoms with E-state index in [1.165, 1.54) is 32.1 Å². The van der Waals surface area contributed by atoms with Crippen LogP contribution in [0, 0.1) is 13.8 Å². The van der Waals surface area contributed by atoms with E-state index >= 15 is 0 Å². The van der Waals surface area contributed by atoms with E-state index in [-0.39, 0.29) is 6.42 Å². The van der Waals surface area contributed by atoms with Crippen molar-refractivity contribution in [1.29, 1.82) is 0 Å². The van der Waals surface area contributed by atoms with Gasteiger partial charge < -0.3 is 5.11 Å². The third-order valence-electron chi connectivity index (χ3n) is 4.53. The highest BCUT2D eigenvalue weighted by Crippen LogP contribution is 2.32. The average molecular weight is 287 g/mol. The smallest absolute Gasteiger partial charge is 0.307 e. The number of aromatic nitrogens is 3. The zero-order valence-electron chi connectivity index (χ0n) is 12.6. The van der Waals surface area contributed by atoms with E-state index in [1.807, 2.05) is 18.4 Å². The van der Waals surface area contributed by atoms with Crippen LogP contribution in [0.2, 0.25) is 0 Å². The van der Waals surface area contributed by atoms with Crippen molar-refractivity contribution in [2.75, 3.05) is 0 Å². The SMILES string of the molecule is Cc1nc2cc(C3CCCCC3)nn2c(C)c1CC(=O)O. The summed E-state index contributed by atoms with van der Waals surface area (Å²) in [5.74, 6) is -0.301. The number of fused-ring (bicyclic) bond motifs is 1. The van der Waals surface area contributed by atoms with Gasteiger partial charge in [-0.05, 0) is 26.7 Å². The van der Waals surface area contributed by atoms with Gasteiger partial charge in [-0.25, -0.2) is 9.50 Å². The highest BCUT2D eigenvalue weighted by Gasteiger charge is 2.20. The standard InChI is InChI=1S/C16H21N3O2/c1-10-13(8-16(20)21)11(2)19-15(17-10)9-14(18-19)12-6-4-3-5-7-12/h9,12H,3-8H2,1-2H3,(H,20,21). The van der Waals surface area contributed by atoms with Gasteiger partial charge in [-0.15, -0.1) is 0 Å². The summed E-state index contributed by atoms with van der Waals surface area (Å²) in [4.78, 5) is 15.5. The van der Waals surface area contributed by atoms with Crippen molar-refractivity contribution in [3.05, 3.63) is 28.7 Å². The molecule has 2 aromatic rings. The molecule has 2 heterocycles. The summed E-state index contributed by atoms with van der Waals surface area (Å²) in [6, 6.07) is 2.07. The van der Waals surface area contributed by atoms with Gasteiger partial charge in [0.05, 0.1) is 12.1 Å². The van der Waals surface area contributed by atoms with Crippen molar-refractivity contribution in [1.82, 2.24) is 14.6 Å². The van der Waals surface area contributed by atoms with Gasteiger partial charge in [0, 0.05) is 28.9 Å². The van der Waals surface area contributed by atoms with Gasteiger partial charge in [-0.1, -0.05) is 19.3 Å². The molecule has 112 valence electrons. The maximum Gasteiger partial charge on any atom is 0.307 e. The molecule has 0 saturated heterocycles. The van der Waals surface area contributed by atoms with Gasteiger partial charge in [0.1, 0.15) is 0 Å². The van der Waals surface area contributed by atoms with E-state index in [2.05, 4.69) is 11.1 Å². The number of aryl methyl sites for hydroxylation is 2. The Balaban J connectivity index is 2.04. The van der Waals surface area contributed by atoms with Gasteiger partial charge in [0.15, 0.2) is 5.65 Å². The molecule has 5 nitrogen and oxygen atoms in total. The molecule has 1 N–H and O–H groups in total. The van der Waals surface area contributed by atoms with E-state index in [0.717, 1.165) is 28.3 Å². The van der Waals surface area contributed by atoms with Crippen molar-refractivity contribution < 1.29 is 9.90 Å². The predicted octanol–water partition coefficient (Wildman–Crippen LogP) is 3.02. The Morgan fingerprint density at radius 2 is 2.05 bits per heavy atom. The first-order valence-corrected chi connectivity index (χ1v) is 7.64. The summed E-state index contributed by atoms with van der Waals surface area (Å²) in [5, 5.41) is 13.7. The first-order valence-electron chi connectivity index (χ1n) is 7.64. The van der Waals surface area contributed by atoms with Crippen LogP contribution < -0.4 is 0 Å². The molecule has 2 aromatic heterocycles. The van der Waals surface area contributed by atoms with Gasteiger partial charge in [0.2, 0.25) is 0 Å². The third-order valence-corrected chi connectivity index (χ3v) is 4.53. The topological polar surface area (TPSA) is 67.5 Å². The molecule has 0 aliphatic heterocycles. The summed E-state index contributed by atoms with van der Waals surface area (Å²) in [6.45, 7) is 3.80. The Bertz CT molecular complexity index is 684. The van der Waals surface area contributed by atoms with E-state index in [1.54, 1.807) is 0 Å². The van der Waals surface area contributed by atoms with Crippen molar-refractivity contribution in [2.45, 2.75) is 58.3 Å². The highest BCUT2D eigenvalue weighted by molar-refractivity contribution is 5.71. The average Bonchev–Trinajstić information content (AvgIpc) is 2.88. The number of carboxylic acids is 1. The second kappa shape index (κ2) is 5.47. The minimum Gasteiger partial charge on any atom is -0.481 e. The van der Waals surface area contributed by atoms with E-state index < -0.39 is 5.97 Å². The lowest BCUT2D eigenvalue weighted by atomic mass is 9.87. The van der Waals surface area contributed by atoms with Crippen LogP contribution in [0.1, 0.15) is 60.7 Å². The Morgan fingerprint density at radius 3 is 2.71 bits per heavy atom. The first-order chi connectivity index (χ1) is 10.1. The lowest BCUT2D eigenvalue weighted by molar-refractivity contribution is -0.136. The Hall–Kier alpha value is -1.91. The largest absolute Gasteiger partial charge is 0.481 e. The molecule has 0 atom stereocenters. The van der Waals surface area contributed by atoms with Gasteiger partial charge in [0.25, 0.3) is 0 Å². The van der Waals surface area contributed by atoms with Gasteiger partial charge in [-0.2, -0.15) is 5.10 Å². The number of carboxylic acid groups (broad SMARTS) is 1. The van der Waals surface area contributed by atoms with Crippen LogP contribution >= 0.6 is 0 Å². The number of hydrogen-bond acceptors (Lipinski definition) is 3. The number of aliphatic carboxylic acids is 1. The number of hydrogen-bond donors (Lipinski definition) is 1. The van der Waals surface area contributed by atoms with Crippen LogP contribution in [0.3, 0.4) is 0 Å². The molecule has 1 fully saturated rings. The number of nitrogens with zero attached hydrogens (tertiary/aromatic N) is 3. The van der Waals surface area contributed by atoms with Crippen molar-refractivity contribution in [2.24, 2.45) is 0 Å². The Morgan fingerprint density at radius 1 is 1.33 bits per heavy atom. The normalized spacial score (nSPS) is 16.5. The molecule has 0 bridgehead atoms. The fraction of sp³-hybridized carbons (Fsp3) is 0.562. The van der Waals surface area contributed by atoms with Crippen molar-refractivity contribution in [3.63, 3.8) is 0 Å². The number of rotatable bonds is 3. The van der Waals surface area contributed by atoms with Crippen LogP contribution in [0.5, 0.6) is 0 Å². The molecular weight excluding hydrogens is 266 g/mol. The summed E-state index contributed by atoms with van der Waals surface area (Å²) in [6.07, 6.45) is 6.26. The molecule has 1 saturated carbocycles. The minimum absolute atomic E-state index is 0.000765. The zero-order valence-corrected chi connectivity index (χ0v) is 12.6. The fourth-order valence-electron chi connectivity index (χ4n) is 3.35. The molecule has 0 aromatic carbocycles. The Kier molecular flexibility index (Phi) is 3.66. The molecular formula is C16H21N3O2. The van der Waals surface area contributed by atoms with E-state index in [0.29, 0.717) is 5.92 Å². The Labute approximate surface area is 124 Å². The lowest BCUT2D eigenvalue weighted by Crippen LogP contribution is -2.10. The summed E-state index contributed by atoms with van der Waals surface area (Å²) in [5.41, 5.74) is 4.39. The molecule has 0 radical (unpaired) electrons. The fourth-order valence-corrected chi connectivity index (χ4v) is 3.35. The maximum absolute atomic E-state index is 11.0. The van der Waals surface area contributed by atoms with Crippen LogP contribution in [0.4, 0.5) is 0 Å². The summed E-state index contributed by atoms with van der Waals surface area (Å²) in [7, 11) is 0. The predicted molar refractivity (Wildman–Crippen MR) is 79.6 cm³/mol.